The fourth-order valence-electron chi connectivity index (χ4n) is 2.07. The van der Waals surface area contributed by atoms with E-state index >= 15 is 0 Å². The molecule has 0 heterocycles. The van der Waals surface area contributed by atoms with Gasteiger partial charge in [0, 0.05) is 6.54 Å². The Hall–Kier alpha value is -1.66. The van der Waals surface area contributed by atoms with Crippen molar-refractivity contribution in [3.8, 4) is 0 Å². The Morgan fingerprint density at radius 3 is 2.62 bits per heavy atom. The molecule has 21 heavy (non-hydrogen) atoms. The summed E-state index contributed by atoms with van der Waals surface area (Å²) in [5.74, 6) is -0.699. The van der Waals surface area contributed by atoms with Gasteiger partial charge in [-0.2, -0.15) is 0 Å². The zero-order valence-corrected chi connectivity index (χ0v) is 13.0. The normalized spacial score (nSPS) is 13.3. The number of aliphatic hydroxyl groups is 1. The second kappa shape index (κ2) is 6.87. The number of carbonyl (C=O) groups excluding carboxylic acids is 1. The van der Waals surface area contributed by atoms with Crippen LogP contribution in [0.2, 0.25) is 0 Å². The minimum Gasteiger partial charge on any atom is -0.397 e. The number of nitrogens with one attached hydrogen (secondary N) is 1. The first kappa shape index (κ1) is 17.4. The second-order valence-electron chi connectivity index (χ2n) is 5.77. The summed E-state index contributed by atoms with van der Waals surface area (Å²) in [5, 5.41) is 12.6. The van der Waals surface area contributed by atoms with Gasteiger partial charge >= 0.3 is 0 Å². The summed E-state index contributed by atoms with van der Waals surface area (Å²) in [6, 6.07) is 3.40. The highest BCUT2D eigenvalue weighted by atomic mass is 19.1. The van der Waals surface area contributed by atoms with Crippen LogP contribution in [-0.4, -0.2) is 40.6 Å². The van der Waals surface area contributed by atoms with Crippen molar-refractivity contribution >= 4 is 17.3 Å². The predicted octanol–water partition coefficient (Wildman–Crippen LogP) is 1.83. The van der Waals surface area contributed by atoms with Crippen LogP contribution in [0.3, 0.4) is 0 Å². The van der Waals surface area contributed by atoms with Crippen LogP contribution in [0.1, 0.15) is 27.7 Å². The molecule has 1 atom stereocenters. The second-order valence-corrected chi connectivity index (χ2v) is 5.77. The van der Waals surface area contributed by atoms with E-state index in [-0.39, 0.29) is 11.6 Å². The summed E-state index contributed by atoms with van der Waals surface area (Å²) >= 11 is 0. The number of nitrogens with zero attached hydrogens (tertiary/aromatic N) is 1. The summed E-state index contributed by atoms with van der Waals surface area (Å²) in [6.07, 6.45) is 0. The van der Waals surface area contributed by atoms with Crippen molar-refractivity contribution < 1.29 is 14.3 Å². The van der Waals surface area contributed by atoms with Crippen LogP contribution in [0.25, 0.3) is 0 Å². The first-order valence-corrected chi connectivity index (χ1v) is 6.96. The van der Waals surface area contributed by atoms with E-state index in [1.807, 2.05) is 11.8 Å². The fourth-order valence-corrected chi connectivity index (χ4v) is 2.07. The average Bonchev–Trinajstić information content (AvgIpc) is 2.37. The molecule has 0 aliphatic carbocycles. The number of hydrogen-bond acceptors (Lipinski definition) is 4. The number of halogens is 1. The number of amides is 1. The van der Waals surface area contributed by atoms with Gasteiger partial charge in [-0.25, -0.2) is 4.39 Å². The Bertz CT molecular complexity index is 500. The predicted molar refractivity (Wildman–Crippen MR) is 82.4 cm³/mol. The van der Waals surface area contributed by atoms with Crippen LogP contribution in [-0.2, 0) is 4.79 Å². The summed E-state index contributed by atoms with van der Waals surface area (Å²) in [5.41, 5.74) is 5.35. The zero-order valence-electron chi connectivity index (χ0n) is 13.0. The van der Waals surface area contributed by atoms with Gasteiger partial charge in [0.1, 0.15) is 5.82 Å². The molecule has 4 N–H and O–H groups in total. The first-order valence-electron chi connectivity index (χ1n) is 6.96. The molecule has 0 fully saturated rings. The molecule has 1 unspecified atom stereocenters. The number of hydrogen-bond donors (Lipinski definition) is 3. The third-order valence-electron chi connectivity index (χ3n) is 3.19. The molecule has 0 spiro atoms. The van der Waals surface area contributed by atoms with Gasteiger partial charge in [-0.15, -0.1) is 0 Å². The quantitative estimate of drug-likeness (QED) is 0.700. The van der Waals surface area contributed by atoms with E-state index in [9.17, 15) is 14.3 Å². The molecule has 0 saturated carbocycles. The molecule has 0 bridgehead atoms. The summed E-state index contributed by atoms with van der Waals surface area (Å²) in [4.78, 5) is 14.1. The maximum absolute atomic E-state index is 13.0. The van der Waals surface area contributed by atoms with Gasteiger partial charge in [0.2, 0.25) is 5.91 Å². The van der Waals surface area contributed by atoms with Crippen molar-refractivity contribution in [2.24, 2.45) is 0 Å². The molecular formula is C15H24FN3O2. The van der Waals surface area contributed by atoms with Crippen LogP contribution in [0.15, 0.2) is 18.2 Å². The Labute approximate surface area is 124 Å². The van der Waals surface area contributed by atoms with Crippen molar-refractivity contribution in [1.82, 2.24) is 4.90 Å². The lowest BCUT2D eigenvalue weighted by Gasteiger charge is -2.32. The molecule has 0 aliphatic rings. The Balaban J connectivity index is 2.77. The van der Waals surface area contributed by atoms with Crippen molar-refractivity contribution in [2.45, 2.75) is 39.3 Å². The highest BCUT2D eigenvalue weighted by molar-refractivity contribution is 5.97. The van der Waals surface area contributed by atoms with Gasteiger partial charge in [0.25, 0.3) is 0 Å². The molecule has 0 aromatic heterocycles. The van der Waals surface area contributed by atoms with E-state index in [4.69, 9.17) is 5.73 Å². The van der Waals surface area contributed by atoms with Gasteiger partial charge < -0.3 is 16.2 Å². The topological polar surface area (TPSA) is 78.6 Å². The minimum atomic E-state index is -0.889. The highest BCUT2D eigenvalue weighted by Gasteiger charge is 2.25. The highest BCUT2D eigenvalue weighted by Crippen LogP contribution is 2.20. The third-order valence-corrected chi connectivity index (χ3v) is 3.19. The SMILES string of the molecule is CCN(CC(C)(C)O)C(C)C(=O)Nc1ccc(F)cc1N. The molecule has 1 aromatic carbocycles. The molecule has 1 amide bonds. The Morgan fingerprint density at radius 1 is 1.52 bits per heavy atom. The summed E-state index contributed by atoms with van der Waals surface area (Å²) < 4.78 is 13.0. The van der Waals surface area contributed by atoms with Crippen molar-refractivity contribution in [3.63, 3.8) is 0 Å². The van der Waals surface area contributed by atoms with Crippen LogP contribution < -0.4 is 11.1 Å². The van der Waals surface area contributed by atoms with Crippen molar-refractivity contribution in [2.75, 3.05) is 24.1 Å². The zero-order chi connectivity index (χ0) is 16.2. The number of nitrogens with two attached hydrogens (primary N) is 1. The van der Waals surface area contributed by atoms with Gasteiger partial charge in [-0.05, 0) is 45.5 Å². The molecular weight excluding hydrogens is 273 g/mol. The smallest absolute Gasteiger partial charge is 0.241 e. The van der Waals surface area contributed by atoms with Crippen LogP contribution in [0.5, 0.6) is 0 Å². The van der Waals surface area contributed by atoms with Crippen LogP contribution >= 0.6 is 0 Å². The maximum atomic E-state index is 13.0. The van der Waals surface area contributed by atoms with Crippen molar-refractivity contribution in [1.29, 1.82) is 0 Å². The van der Waals surface area contributed by atoms with E-state index < -0.39 is 17.5 Å². The number of nitrogen functional groups attached to an aromatic ring is 1. The Kier molecular flexibility index (Phi) is 5.69. The number of benzene rings is 1. The van der Waals surface area contributed by atoms with E-state index in [2.05, 4.69) is 5.32 Å². The molecule has 5 nitrogen and oxygen atoms in total. The van der Waals surface area contributed by atoms with Crippen molar-refractivity contribution in [3.05, 3.63) is 24.0 Å². The van der Waals surface area contributed by atoms with E-state index in [1.165, 1.54) is 12.1 Å². The van der Waals surface area contributed by atoms with E-state index in [0.29, 0.717) is 18.8 Å². The number of rotatable bonds is 6. The van der Waals surface area contributed by atoms with Crippen LogP contribution in [0.4, 0.5) is 15.8 Å². The standard InChI is InChI=1S/C15H24FN3O2/c1-5-19(9-15(3,4)21)10(2)14(20)18-13-7-6-11(16)8-12(13)17/h6-8,10,21H,5,9,17H2,1-4H3,(H,18,20). The third kappa shape index (κ3) is 5.32. The lowest BCUT2D eigenvalue weighted by Crippen LogP contribution is -2.48. The number of anilines is 2. The number of carbonyl (C=O) groups is 1. The monoisotopic (exact) mass is 297 g/mol. The summed E-state index contributed by atoms with van der Waals surface area (Å²) in [6.45, 7) is 8.05. The average molecular weight is 297 g/mol. The van der Waals surface area contributed by atoms with Gasteiger partial charge in [0.15, 0.2) is 0 Å². The molecule has 0 radical (unpaired) electrons. The lowest BCUT2D eigenvalue weighted by atomic mass is 10.1. The molecule has 0 saturated heterocycles. The van der Waals surface area contributed by atoms with E-state index in [1.54, 1.807) is 20.8 Å². The minimum absolute atomic E-state index is 0.182. The molecule has 1 rings (SSSR count). The van der Waals surface area contributed by atoms with Gasteiger partial charge in [-0.3, -0.25) is 9.69 Å². The Morgan fingerprint density at radius 2 is 2.14 bits per heavy atom. The largest absolute Gasteiger partial charge is 0.397 e. The first-order chi connectivity index (χ1) is 9.64. The molecule has 1 aromatic rings. The maximum Gasteiger partial charge on any atom is 0.241 e. The number of likely N-dealkylation sites (N-methyl/N-ethyl adjacent to an activating group) is 1. The van der Waals surface area contributed by atoms with Gasteiger partial charge in [0.05, 0.1) is 23.0 Å². The lowest BCUT2D eigenvalue weighted by molar-refractivity contribution is -0.121. The van der Waals surface area contributed by atoms with Crippen LogP contribution in [0, 0.1) is 5.82 Å². The molecule has 6 heteroatoms. The summed E-state index contributed by atoms with van der Waals surface area (Å²) in [7, 11) is 0. The fraction of sp³-hybridized carbons (Fsp3) is 0.533. The van der Waals surface area contributed by atoms with E-state index in [0.717, 1.165) is 6.07 Å². The molecule has 118 valence electrons. The van der Waals surface area contributed by atoms with Gasteiger partial charge in [-0.1, -0.05) is 6.92 Å². The molecule has 0 aliphatic heterocycles.